The van der Waals surface area contributed by atoms with Gasteiger partial charge in [-0.1, -0.05) is 29.8 Å². The summed E-state index contributed by atoms with van der Waals surface area (Å²) in [6, 6.07) is 12.8. The molecule has 0 fully saturated rings. The largest absolute Gasteiger partial charge is 0.496 e. The second kappa shape index (κ2) is 7.56. The van der Waals surface area contributed by atoms with E-state index < -0.39 is 0 Å². The monoisotopic (exact) mass is 335 g/mol. The van der Waals surface area contributed by atoms with Crippen LogP contribution in [0.2, 0.25) is 5.02 Å². The number of rotatable bonds is 5. The molecule has 0 bridgehead atoms. The number of halogens is 1. The quantitative estimate of drug-likeness (QED) is 0.814. The molecule has 0 heterocycles. The van der Waals surface area contributed by atoms with Gasteiger partial charge in [-0.2, -0.15) is 0 Å². The van der Waals surface area contributed by atoms with E-state index in [0.29, 0.717) is 16.3 Å². The van der Waals surface area contributed by atoms with E-state index in [1.807, 2.05) is 49.6 Å². The highest BCUT2D eigenvalue weighted by atomic mass is 35.5. The maximum Gasteiger partial charge on any atom is 0.255 e. The SMILES string of the molecule is COc1cc(SC)ccc1C(=O)NC(C)c1ccccc1Cl. The Kier molecular flexibility index (Phi) is 5.75. The van der Waals surface area contributed by atoms with Gasteiger partial charge in [0.05, 0.1) is 18.7 Å². The van der Waals surface area contributed by atoms with Crippen LogP contribution in [-0.2, 0) is 0 Å². The molecule has 0 aliphatic rings. The van der Waals surface area contributed by atoms with E-state index >= 15 is 0 Å². The average molecular weight is 336 g/mol. The zero-order chi connectivity index (χ0) is 16.1. The number of ether oxygens (including phenoxy) is 1. The lowest BCUT2D eigenvalue weighted by molar-refractivity contribution is 0.0937. The van der Waals surface area contributed by atoms with Crippen molar-refractivity contribution in [2.75, 3.05) is 13.4 Å². The third kappa shape index (κ3) is 3.76. The summed E-state index contributed by atoms with van der Waals surface area (Å²) in [5, 5.41) is 3.59. The Bertz CT molecular complexity index is 675. The lowest BCUT2D eigenvalue weighted by atomic mass is 10.1. The van der Waals surface area contributed by atoms with Crippen LogP contribution in [0, 0.1) is 0 Å². The molecule has 0 radical (unpaired) electrons. The number of amides is 1. The molecule has 22 heavy (non-hydrogen) atoms. The number of hydrogen-bond acceptors (Lipinski definition) is 3. The Morgan fingerprint density at radius 2 is 2.00 bits per heavy atom. The molecule has 0 aliphatic carbocycles. The number of hydrogen-bond donors (Lipinski definition) is 1. The zero-order valence-electron chi connectivity index (χ0n) is 12.7. The summed E-state index contributed by atoms with van der Waals surface area (Å²) in [6.07, 6.45) is 1.98. The van der Waals surface area contributed by atoms with Crippen LogP contribution in [0.25, 0.3) is 0 Å². The van der Waals surface area contributed by atoms with Crippen molar-refractivity contribution in [2.24, 2.45) is 0 Å². The summed E-state index contributed by atoms with van der Waals surface area (Å²) in [4.78, 5) is 13.5. The molecule has 0 spiro atoms. The van der Waals surface area contributed by atoms with Gasteiger partial charge in [0.25, 0.3) is 5.91 Å². The van der Waals surface area contributed by atoms with Crippen molar-refractivity contribution in [3.05, 3.63) is 58.6 Å². The Morgan fingerprint density at radius 3 is 2.64 bits per heavy atom. The normalized spacial score (nSPS) is 11.8. The minimum atomic E-state index is -0.189. The Labute approximate surface area is 140 Å². The lowest BCUT2D eigenvalue weighted by Gasteiger charge is -2.17. The standard InChI is InChI=1S/C17H18ClNO2S/c1-11(13-6-4-5-7-15(13)18)19-17(20)14-9-8-12(22-3)10-16(14)21-2/h4-11H,1-3H3,(H,19,20). The summed E-state index contributed by atoms with van der Waals surface area (Å²) >= 11 is 7.77. The topological polar surface area (TPSA) is 38.3 Å². The van der Waals surface area contributed by atoms with Crippen LogP contribution >= 0.6 is 23.4 Å². The van der Waals surface area contributed by atoms with Crippen molar-refractivity contribution in [1.29, 1.82) is 0 Å². The van der Waals surface area contributed by atoms with Crippen molar-refractivity contribution in [3.8, 4) is 5.75 Å². The maximum absolute atomic E-state index is 12.5. The lowest BCUT2D eigenvalue weighted by Crippen LogP contribution is -2.27. The molecular formula is C17H18ClNO2S. The zero-order valence-corrected chi connectivity index (χ0v) is 14.3. The highest BCUT2D eigenvalue weighted by Gasteiger charge is 2.17. The first-order chi connectivity index (χ1) is 10.6. The molecule has 0 saturated carbocycles. The number of methoxy groups -OCH3 is 1. The number of benzene rings is 2. The fourth-order valence-corrected chi connectivity index (χ4v) is 2.89. The Morgan fingerprint density at radius 1 is 1.27 bits per heavy atom. The molecule has 1 amide bonds. The average Bonchev–Trinajstić information content (AvgIpc) is 2.54. The first kappa shape index (κ1) is 16.7. The van der Waals surface area contributed by atoms with Gasteiger partial charge in [0, 0.05) is 9.92 Å². The number of thioether (sulfide) groups is 1. The van der Waals surface area contributed by atoms with Gasteiger partial charge in [-0.15, -0.1) is 11.8 Å². The van der Waals surface area contributed by atoms with Crippen LogP contribution in [0.15, 0.2) is 47.4 Å². The summed E-state index contributed by atoms with van der Waals surface area (Å²) in [5.41, 5.74) is 1.40. The van der Waals surface area contributed by atoms with Crippen LogP contribution in [0.1, 0.15) is 28.9 Å². The molecule has 2 rings (SSSR count). The molecule has 2 aromatic carbocycles. The minimum Gasteiger partial charge on any atom is -0.496 e. The second-order valence-corrected chi connectivity index (χ2v) is 6.07. The molecular weight excluding hydrogens is 318 g/mol. The molecule has 0 aliphatic heterocycles. The van der Waals surface area contributed by atoms with E-state index in [1.165, 1.54) is 0 Å². The van der Waals surface area contributed by atoms with Crippen molar-refractivity contribution >= 4 is 29.3 Å². The van der Waals surface area contributed by atoms with Gasteiger partial charge in [-0.3, -0.25) is 4.79 Å². The molecule has 3 nitrogen and oxygen atoms in total. The van der Waals surface area contributed by atoms with Crippen molar-refractivity contribution in [3.63, 3.8) is 0 Å². The Hall–Kier alpha value is -1.65. The van der Waals surface area contributed by atoms with E-state index in [0.717, 1.165) is 10.5 Å². The van der Waals surface area contributed by atoms with E-state index in [4.69, 9.17) is 16.3 Å². The van der Waals surface area contributed by atoms with Crippen LogP contribution in [0.3, 0.4) is 0 Å². The molecule has 1 N–H and O–H groups in total. The van der Waals surface area contributed by atoms with Crippen LogP contribution in [0.4, 0.5) is 0 Å². The fraction of sp³-hybridized carbons (Fsp3) is 0.235. The van der Waals surface area contributed by atoms with Gasteiger partial charge in [-0.25, -0.2) is 0 Å². The maximum atomic E-state index is 12.5. The third-order valence-corrected chi connectivity index (χ3v) is 4.44. The molecule has 116 valence electrons. The van der Waals surface area contributed by atoms with Crippen LogP contribution in [0.5, 0.6) is 5.75 Å². The van der Waals surface area contributed by atoms with Gasteiger partial charge < -0.3 is 10.1 Å². The second-order valence-electron chi connectivity index (χ2n) is 4.78. The molecule has 1 atom stereocenters. The fourth-order valence-electron chi connectivity index (χ4n) is 2.16. The highest BCUT2D eigenvalue weighted by Crippen LogP contribution is 2.27. The molecule has 0 aromatic heterocycles. The first-order valence-electron chi connectivity index (χ1n) is 6.84. The van der Waals surface area contributed by atoms with Crippen molar-refractivity contribution in [2.45, 2.75) is 17.9 Å². The molecule has 5 heteroatoms. The smallest absolute Gasteiger partial charge is 0.255 e. The summed E-state index contributed by atoms with van der Waals surface area (Å²) in [5.74, 6) is 0.382. The third-order valence-electron chi connectivity index (χ3n) is 3.37. The van der Waals surface area contributed by atoms with Gasteiger partial charge >= 0.3 is 0 Å². The molecule has 1 unspecified atom stereocenters. The van der Waals surface area contributed by atoms with E-state index in [-0.39, 0.29) is 11.9 Å². The van der Waals surface area contributed by atoms with Gasteiger partial charge in [0.15, 0.2) is 0 Å². The van der Waals surface area contributed by atoms with Crippen LogP contribution < -0.4 is 10.1 Å². The van der Waals surface area contributed by atoms with Gasteiger partial charge in [-0.05, 0) is 43.0 Å². The van der Waals surface area contributed by atoms with E-state index in [2.05, 4.69) is 5.32 Å². The summed E-state index contributed by atoms with van der Waals surface area (Å²) < 4.78 is 5.32. The highest BCUT2D eigenvalue weighted by molar-refractivity contribution is 7.98. The summed E-state index contributed by atoms with van der Waals surface area (Å²) in [7, 11) is 1.56. The minimum absolute atomic E-state index is 0.183. The van der Waals surface area contributed by atoms with Crippen LogP contribution in [-0.4, -0.2) is 19.3 Å². The van der Waals surface area contributed by atoms with Crippen molar-refractivity contribution < 1.29 is 9.53 Å². The predicted octanol–water partition coefficient (Wildman–Crippen LogP) is 4.56. The predicted molar refractivity (Wildman–Crippen MR) is 92.1 cm³/mol. The van der Waals surface area contributed by atoms with E-state index in [9.17, 15) is 4.79 Å². The number of carbonyl (C=O) groups excluding carboxylic acids is 1. The van der Waals surface area contributed by atoms with Gasteiger partial charge in [0.1, 0.15) is 5.75 Å². The van der Waals surface area contributed by atoms with Crippen molar-refractivity contribution in [1.82, 2.24) is 5.32 Å². The van der Waals surface area contributed by atoms with Gasteiger partial charge in [0.2, 0.25) is 0 Å². The number of nitrogens with one attached hydrogen (secondary N) is 1. The van der Waals surface area contributed by atoms with E-state index in [1.54, 1.807) is 24.9 Å². The molecule has 0 saturated heterocycles. The Balaban J connectivity index is 2.20. The first-order valence-corrected chi connectivity index (χ1v) is 8.44. The summed E-state index contributed by atoms with van der Waals surface area (Å²) in [6.45, 7) is 1.90. The molecule has 2 aromatic rings. The number of carbonyl (C=O) groups is 1.